The predicted octanol–water partition coefficient (Wildman–Crippen LogP) is 4.74. The average Bonchev–Trinajstić information content (AvgIpc) is 2.85. The topological polar surface area (TPSA) is 31.2 Å². The molecular weight excluding hydrogens is 329 g/mol. The molecule has 5 heteroatoms. The van der Waals surface area contributed by atoms with Gasteiger partial charge in [0.05, 0.1) is 12.8 Å². The number of hydrogen-bond donors (Lipinski definition) is 0. The van der Waals surface area contributed by atoms with Crippen molar-refractivity contribution in [2.75, 3.05) is 7.11 Å². The van der Waals surface area contributed by atoms with Crippen LogP contribution in [-0.2, 0) is 23.0 Å². The lowest BCUT2D eigenvalue weighted by Crippen LogP contribution is -2.03. The first-order chi connectivity index (χ1) is 11.5. The molecule has 0 spiro atoms. The molecule has 0 aliphatic carbocycles. The van der Waals surface area contributed by atoms with Gasteiger partial charge >= 0.3 is 5.97 Å². The molecule has 3 aromatic rings. The molecule has 3 rings (SSSR count). The van der Waals surface area contributed by atoms with Gasteiger partial charge in [0.15, 0.2) is 0 Å². The van der Waals surface area contributed by atoms with Crippen molar-refractivity contribution in [1.29, 1.82) is 0 Å². The monoisotopic (exact) mass is 345 g/mol. The molecular formula is C19H17ClFNO2. The van der Waals surface area contributed by atoms with Gasteiger partial charge in [0, 0.05) is 29.4 Å². The minimum absolute atomic E-state index is 0.265. The zero-order valence-corrected chi connectivity index (χ0v) is 14.2. The lowest BCUT2D eigenvalue weighted by atomic mass is 10.0. The molecule has 124 valence electrons. The summed E-state index contributed by atoms with van der Waals surface area (Å²) in [6, 6.07) is 12.0. The summed E-state index contributed by atoms with van der Waals surface area (Å²) < 4.78 is 20.1. The molecule has 0 aliphatic heterocycles. The van der Waals surface area contributed by atoms with Gasteiger partial charge in [0.1, 0.15) is 5.82 Å². The highest BCUT2D eigenvalue weighted by Crippen LogP contribution is 2.35. The van der Waals surface area contributed by atoms with Crippen LogP contribution < -0.4 is 0 Å². The summed E-state index contributed by atoms with van der Waals surface area (Å²) >= 11 is 6.16. The molecule has 0 saturated heterocycles. The third-order valence-electron chi connectivity index (χ3n) is 4.19. The molecule has 0 N–H and O–H groups in total. The van der Waals surface area contributed by atoms with Crippen molar-refractivity contribution in [2.45, 2.75) is 12.8 Å². The van der Waals surface area contributed by atoms with Gasteiger partial charge in [0.2, 0.25) is 0 Å². The Bertz CT molecular complexity index is 900. The highest BCUT2D eigenvalue weighted by Gasteiger charge is 2.18. The van der Waals surface area contributed by atoms with Crippen LogP contribution in [0.3, 0.4) is 0 Å². The molecule has 2 aromatic carbocycles. The van der Waals surface area contributed by atoms with Crippen LogP contribution in [0, 0.1) is 5.82 Å². The molecule has 0 amide bonds. The second-order valence-corrected chi connectivity index (χ2v) is 6.07. The van der Waals surface area contributed by atoms with Gasteiger partial charge < -0.3 is 9.30 Å². The number of carbonyl (C=O) groups excluding carboxylic acids is 1. The average molecular weight is 346 g/mol. The molecule has 0 radical (unpaired) electrons. The van der Waals surface area contributed by atoms with E-state index in [1.165, 1.54) is 19.2 Å². The summed E-state index contributed by atoms with van der Waals surface area (Å²) in [5, 5.41) is 1.63. The van der Waals surface area contributed by atoms with Gasteiger partial charge in [-0.15, -0.1) is 0 Å². The van der Waals surface area contributed by atoms with Crippen LogP contribution in [0.2, 0.25) is 5.02 Å². The fourth-order valence-corrected chi connectivity index (χ4v) is 3.22. The Hall–Kier alpha value is -2.33. The summed E-state index contributed by atoms with van der Waals surface area (Å²) in [5.41, 5.74) is 3.87. The Balaban J connectivity index is 2.20. The molecule has 0 atom stereocenters. The van der Waals surface area contributed by atoms with Gasteiger partial charge in [-0.25, -0.2) is 4.39 Å². The number of aryl methyl sites for hydroxylation is 2. The Morgan fingerprint density at radius 3 is 2.58 bits per heavy atom. The van der Waals surface area contributed by atoms with Crippen molar-refractivity contribution >= 4 is 28.5 Å². The lowest BCUT2D eigenvalue weighted by molar-refractivity contribution is -0.140. The first-order valence-electron chi connectivity index (χ1n) is 7.61. The molecule has 0 aliphatic rings. The maximum atomic E-state index is 13.3. The molecule has 1 aromatic heterocycles. The number of halogens is 2. The quantitative estimate of drug-likeness (QED) is 0.639. The van der Waals surface area contributed by atoms with Crippen molar-refractivity contribution in [1.82, 2.24) is 4.57 Å². The van der Waals surface area contributed by atoms with E-state index in [0.717, 1.165) is 27.7 Å². The maximum Gasteiger partial charge on any atom is 0.305 e. The van der Waals surface area contributed by atoms with E-state index >= 15 is 0 Å². The third kappa shape index (κ3) is 3.02. The van der Waals surface area contributed by atoms with Gasteiger partial charge in [-0.3, -0.25) is 4.79 Å². The first-order valence-corrected chi connectivity index (χ1v) is 7.98. The number of benzene rings is 2. The summed E-state index contributed by atoms with van der Waals surface area (Å²) in [7, 11) is 3.33. The third-order valence-corrected chi connectivity index (χ3v) is 4.43. The Kier molecular flexibility index (Phi) is 4.58. The number of fused-ring (bicyclic) bond motifs is 1. The highest BCUT2D eigenvalue weighted by atomic mass is 35.5. The van der Waals surface area contributed by atoms with Crippen molar-refractivity contribution in [3.05, 3.63) is 58.9 Å². The van der Waals surface area contributed by atoms with E-state index in [2.05, 4.69) is 0 Å². The van der Waals surface area contributed by atoms with Crippen LogP contribution in [0.1, 0.15) is 12.0 Å². The number of ether oxygens (including phenoxy) is 1. The van der Waals surface area contributed by atoms with Crippen LogP contribution >= 0.6 is 11.6 Å². The molecule has 3 nitrogen and oxygen atoms in total. The van der Waals surface area contributed by atoms with Crippen LogP contribution in [0.5, 0.6) is 0 Å². The van der Waals surface area contributed by atoms with E-state index in [1.54, 1.807) is 12.1 Å². The van der Waals surface area contributed by atoms with E-state index in [0.29, 0.717) is 11.4 Å². The maximum absolute atomic E-state index is 13.3. The molecule has 0 unspecified atom stereocenters. The normalized spacial score (nSPS) is 11.0. The largest absolute Gasteiger partial charge is 0.469 e. The zero-order chi connectivity index (χ0) is 17.3. The number of esters is 1. The Morgan fingerprint density at radius 2 is 1.92 bits per heavy atom. The standard InChI is InChI=1S/C19H17ClFNO2/c1-22-17-9-5-13(20)11-16(17)15(8-10-18(23)24-2)19(22)12-3-6-14(21)7-4-12/h3-7,9,11H,8,10H2,1-2H3. The SMILES string of the molecule is COC(=O)CCc1c(-c2ccc(F)cc2)n(C)c2ccc(Cl)cc12. The lowest BCUT2D eigenvalue weighted by Gasteiger charge is -2.08. The number of rotatable bonds is 4. The van der Waals surface area contributed by atoms with Gasteiger partial charge in [-0.05, 0) is 60.0 Å². The number of carbonyl (C=O) groups is 1. The molecule has 1 heterocycles. The molecule has 0 bridgehead atoms. The predicted molar refractivity (Wildman–Crippen MR) is 93.7 cm³/mol. The van der Waals surface area contributed by atoms with Crippen LogP contribution in [0.4, 0.5) is 4.39 Å². The Morgan fingerprint density at radius 1 is 1.21 bits per heavy atom. The minimum Gasteiger partial charge on any atom is -0.469 e. The van der Waals surface area contributed by atoms with E-state index < -0.39 is 0 Å². The number of methoxy groups -OCH3 is 1. The summed E-state index contributed by atoms with van der Waals surface area (Å²) in [6.45, 7) is 0. The van der Waals surface area contributed by atoms with E-state index in [4.69, 9.17) is 16.3 Å². The smallest absolute Gasteiger partial charge is 0.305 e. The number of aromatic nitrogens is 1. The van der Waals surface area contributed by atoms with Crippen molar-refractivity contribution in [2.24, 2.45) is 7.05 Å². The van der Waals surface area contributed by atoms with E-state index in [9.17, 15) is 9.18 Å². The highest BCUT2D eigenvalue weighted by molar-refractivity contribution is 6.31. The van der Waals surface area contributed by atoms with Crippen LogP contribution in [-0.4, -0.2) is 17.6 Å². The summed E-state index contributed by atoms with van der Waals surface area (Å²) in [6.07, 6.45) is 0.799. The van der Waals surface area contributed by atoms with Crippen LogP contribution in [0.15, 0.2) is 42.5 Å². The Labute approximate surface area is 144 Å². The first kappa shape index (κ1) is 16.5. The molecule has 0 fully saturated rings. The van der Waals surface area contributed by atoms with E-state index in [-0.39, 0.29) is 18.2 Å². The zero-order valence-electron chi connectivity index (χ0n) is 13.5. The summed E-state index contributed by atoms with van der Waals surface area (Å²) in [4.78, 5) is 11.6. The minimum atomic E-state index is -0.281. The van der Waals surface area contributed by atoms with Crippen molar-refractivity contribution < 1.29 is 13.9 Å². The molecule has 24 heavy (non-hydrogen) atoms. The van der Waals surface area contributed by atoms with Crippen LogP contribution in [0.25, 0.3) is 22.2 Å². The second-order valence-electron chi connectivity index (χ2n) is 5.63. The van der Waals surface area contributed by atoms with E-state index in [1.807, 2.05) is 29.8 Å². The van der Waals surface area contributed by atoms with Gasteiger partial charge in [-0.1, -0.05) is 11.6 Å². The number of nitrogens with zero attached hydrogens (tertiary/aromatic N) is 1. The van der Waals surface area contributed by atoms with Gasteiger partial charge in [-0.2, -0.15) is 0 Å². The fraction of sp³-hybridized carbons (Fsp3) is 0.211. The van der Waals surface area contributed by atoms with Crippen molar-refractivity contribution in [3.8, 4) is 11.3 Å². The van der Waals surface area contributed by atoms with Gasteiger partial charge in [0.25, 0.3) is 0 Å². The van der Waals surface area contributed by atoms with Crippen molar-refractivity contribution in [3.63, 3.8) is 0 Å². The molecule has 0 saturated carbocycles. The summed E-state index contributed by atoms with van der Waals surface area (Å²) in [5.74, 6) is -0.546. The fourth-order valence-electron chi connectivity index (χ4n) is 3.05. The second kappa shape index (κ2) is 6.65. The number of hydrogen-bond acceptors (Lipinski definition) is 2.